The number of carbonyl (C=O) groups is 2. The fraction of sp³-hybridized carbons (Fsp3) is 0.576. The minimum Gasteiger partial charge on any atom is -0.444 e. The van der Waals surface area contributed by atoms with Gasteiger partial charge in [-0.3, -0.25) is 20.2 Å². The Morgan fingerprint density at radius 3 is 1.47 bits per heavy atom. The van der Waals surface area contributed by atoms with Crippen molar-refractivity contribution < 1.29 is 28.9 Å². The van der Waals surface area contributed by atoms with Gasteiger partial charge in [-0.15, -0.1) is 0 Å². The van der Waals surface area contributed by atoms with E-state index in [4.69, 9.17) is 9.47 Å². The first-order valence-corrected chi connectivity index (χ1v) is 15.9. The minimum atomic E-state index is -0.496. The number of benzene rings is 2. The summed E-state index contributed by atoms with van der Waals surface area (Å²) in [4.78, 5) is 50.5. The van der Waals surface area contributed by atoms with Crippen molar-refractivity contribution in [2.24, 2.45) is 0 Å². The second kappa shape index (κ2) is 15.8. The first-order valence-electron chi connectivity index (χ1n) is 15.9. The quantitative estimate of drug-likeness (QED) is 0.268. The number of rotatable bonds is 6. The number of nitro benzene ring substituents is 2. The number of anilines is 2. The van der Waals surface area contributed by atoms with Crippen molar-refractivity contribution in [3.63, 3.8) is 0 Å². The highest BCUT2D eigenvalue weighted by molar-refractivity contribution is 5.68. The molecular formula is C33H48N6O8. The Morgan fingerprint density at radius 2 is 1.11 bits per heavy atom. The van der Waals surface area contributed by atoms with Gasteiger partial charge < -0.3 is 29.5 Å². The van der Waals surface area contributed by atoms with Crippen LogP contribution >= 0.6 is 0 Å². The number of nitro groups is 2. The molecule has 14 heteroatoms. The zero-order valence-corrected chi connectivity index (χ0v) is 28.4. The van der Waals surface area contributed by atoms with Crippen molar-refractivity contribution in [2.75, 3.05) is 43.0 Å². The maximum absolute atomic E-state index is 12.1. The Kier molecular flexibility index (Phi) is 12.4. The maximum atomic E-state index is 12.1. The number of hydrogen-bond acceptors (Lipinski definition) is 10. The lowest BCUT2D eigenvalue weighted by Crippen LogP contribution is -2.47. The average Bonchev–Trinajstić information content (AvgIpc) is 3.00. The van der Waals surface area contributed by atoms with Crippen LogP contribution < -0.4 is 15.1 Å². The van der Waals surface area contributed by atoms with Gasteiger partial charge in [0.05, 0.1) is 9.85 Å². The van der Waals surface area contributed by atoms with Crippen molar-refractivity contribution in [1.82, 2.24) is 10.2 Å². The van der Waals surface area contributed by atoms with E-state index in [0.717, 1.165) is 63.2 Å². The first kappa shape index (κ1) is 36.8. The molecule has 2 saturated heterocycles. The molecule has 2 aromatic rings. The van der Waals surface area contributed by atoms with Crippen LogP contribution in [0.5, 0.6) is 0 Å². The monoisotopic (exact) mass is 656 g/mol. The SMILES string of the molecule is CC(C)(C)OC(=O)NC1CCN(c2ccc([N+](=O)[O-])cc2)CC1.CN(C(=O)OC(C)(C)C)C1CCN(c2ccc([N+](=O)[O-])cc2)CC1. The summed E-state index contributed by atoms with van der Waals surface area (Å²) < 4.78 is 10.7. The Bertz CT molecular complexity index is 1360. The van der Waals surface area contributed by atoms with E-state index in [9.17, 15) is 29.8 Å². The van der Waals surface area contributed by atoms with Crippen molar-refractivity contribution in [2.45, 2.75) is 90.5 Å². The van der Waals surface area contributed by atoms with Gasteiger partial charge in [0.25, 0.3) is 11.4 Å². The Morgan fingerprint density at radius 1 is 0.723 bits per heavy atom. The molecule has 2 amide bonds. The van der Waals surface area contributed by atoms with Gasteiger partial charge in [0.1, 0.15) is 11.2 Å². The van der Waals surface area contributed by atoms with E-state index >= 15 is 0 Å². The third-order valence-corrected chi connectivity index (χ3v) is 7.76. The van der Waals surface area contributed by atoms with E-state index < -0.39 is 21.0 Å². The number of piperidine rings is 2. The standard InChI is InChI=1S/C17H25N3O4.C16H23N3O4/c1-17(2,3)24-16(21)18(4)13-9-11-19(12-10-13)14-5-7-15(8-6-14)20(22)23;1-16(2,3)23-15(20)17-12-8-10-18(11-9-12)13-4-6-14(7-5-13)19(21)22/h5-8,13H,9-12H2,1-4H3;4-7,12H,8-11H2,1-3H3,(H,17,20). The molecule has 0 atom stereocenters. The summed E-state index contributed by atoms with van der Waals surface area (Å²) in [7, 11) is 1.78. The Balaban J connectivity index is 0.000000256. The van der Waals surface area contributed by atoms with Gasteiger partial charge in [0.15, 0.2) is 0 Å². The molecule has 0 aromatic heterocycles. The van der Waals surface area contributed by atoms with E-state index in [2.05, 4.69) is 15.1 Å². The van der Waals surface area contributed by atoms with Gasteiger partial charge in [-0.1, -0.05) is 0 Å². The molecule has 258 valence electrons. The average molecular weight is 657 g/mol. The molecule has 2 aromatic carbocycles. The van der Waals surface area contributed by atoms with E-state index in [1.54, 1.807) is 36.2 Å². The smallest absolute Gasteiger partial charge is 0.410 e. The van der Waals surface area contributed by atoms with Crippen molar-refractivity contribution in [3.8, 4) is 0 Å². The molecular weight excluding hydrogens is 608 g/mol. The van der Waals surface area contributed by atoms with Crippen LogP contribution in [0.3, 0.4) is 0 Å². The molecule has 1 N–H and O–H groups in total. The summed E-state index contributed by atoms with van der Waals surface area (Å²) in [6, 6.07) is 13.4. The molecule has 14 nitrogen and oxygen atoms in total. The third kappa shape index (κ3) is 11.9. The largest absolute Gasteiger partial charge is 0.444 e. The van der Waals surface area contributed by atoms with Crippen molar-refractivity contribution >= 4 is 34.9 Å². The molecule has 2 heterocycles. The lowest BCUT2D eigenvalue weighted by atomic mass is 10.0. The predicted octanol–water partition coefficient (Wildman–Crippen LogP) is 6.52. The highest BCUT2D eigenvalue weighted by atomic mass is 16.6. The minimum absolute atomic E-state index is 0.0928. The number of hydrogen-bond donors (Lipinski definition) is 1. The summed E-state index contributed by atoms with van der Waals surface area (Å²) in [5, 5.41) is 24.3. The Hall–Kier alpha value is -4.62. The Labute approximate surface area is 276 Å². The molecule has 0 radical (unpaired) electrons. The molecule has 2 aliphatic heterocycles. The molecule has 47 heavy (non-hydrogen) atoms. The van der Waals surface area contributed by atoms with Crippen LogP contribution in [0.1, 0.15) is 67.2 Å². The molecule has 0 unspecified atom stereocenters. The summed E-state index contributed by atoms with van der Waals surface area (Å²) in [5.41, 5.74) is 1.13. The van der Waals surface area contributed by atoms with E-state index in [-0.39, 0.29) is 35.6 Å². The van der Waals surface area contributed by atoms with Crippen LogP contribution in [-0.2, 0) is 9.47 Å². The zero-order valence-electron chi connectivity index (χ0n) is 28.4. The maximum Gasteiger partial charge on any atom is 0.410 e. The van der Waals surface area contributed by atoms with Gasteiger partial charge >= 0.3 is 12.2 Å². The lowest BCUT2D eigenvalue weighted by Gasteiger charge is -2.38. The highest BCUT2D eigenvalue weighted by Gasteiger charge is 2.29. The lowest BCUT2D eigenvalue weighted by molar-refractivity contribution is -0.385. The fourth-order valence-corrected chi connectivity index (χ4v) is 5.32. The molecule has 0 saturated carbocycles. The van der Waals surface area contributed by atoms with Crippen LogP contribution in [0.25, 0.3) is 0 Å². The molecule has 2 fully saturated rings. The van der Waals surface area contributed by atoms with E-state index in [1.807, 2.05) is 41.5 Å². The summed E-state index contributed by atoms with van der Waals surface area (Å²) in [6.07, 6.45) is 2.63. The molecule has 0 bridgehead atoms. The number of amides is 2. The van der Waals surface area contributed by atoms with E-state index in [1.165, 1.54) is 24.3 Å². The number of alkyl carbamates (subject to hydrolysis) is 1. The number of non-ortho nitro benzene ring substituents is 2. The van der Waals surface area contributed by atoms with Gasteiger partial charge in [-0.25, -0.2) is 9.59 Å². The zero-order chi connectivity index (χ0) is 34.9. The number of ether oxygens (including phenoxy) is 2. The molecule has 0 spiro atoms. The van der Waals surface area contributed by atoms with Crippen LogP contribution in [0, 0.1) is 20.2 Å². The van der Waals surface area contributed by atoms with E-state index in [0.29, 0.717) is 0 Å². The van der Waals surface area contributed by atoms with Crippen LogP contribution in [0.15, 0.2) is 48.5 Å². The van der Waals surface area contributed by atoms with Gasteiger partial charge in [0.2, 0.25) is 0 Å². The molecule has 4 rings (SSSR count). The normalized spacial score (nSPS) is 16.0. The second-order valence-electron chi connectivity index (χ2n) is 13.8. The van der Waals surface area contributed by atoms with Gasteiger partial charge in [-0.05, 0) is 91.5 Å². The van der Waals surface area contributed by atoms with Crippen LogP contribution in [0.4, 0.5) is 32.3 Å². The number of nitrogens with one attached hydrogen (secondary N) is 1. The van der Waals surface area contributed by atoms with Crippen molar-refractivity contribution in [1.29, 1.82) is 0 Å². The van der Waals surface area contributed by atoms with Gasteiger partial charge in [0, 0.05) is 81.0 Å². The van der Waals surface area contributed by atoms with Crippen molar-refractivity contribution in [3.05, 3.63) is 68.8 Å². The molecule has 0 aliphatic carbocycles. The third-order valence-electron chi connectivity index (χ3n) is 7.76. The topological polar surface area (TPSA) is 161 Å². The predicted molar refractivity (Wildman–Crippen MR) is 180 cm³/mol. The fourth-order valence-electron chi connectivity index (χ4n) is 5.32. The number of nitrogens with zero attached hydrogens (tertiary/aromatic N) is 5. The first-order chi connectivity index (χ1) is 21.9. The second-order valence-corrected chi connectivity index (χ2v) is 13.8. The molecule has 2 aliphatic rings. The van der Waals surface area contributed by atoms with Gasteiger partial charge in [-0.2, -0.15) is 0 Å². The number of carbonyl (C=O) groups excluding carboxylic acids is 2. The summed E-state index contributed by atoms with van der Waals surface area (Å²) >= 11 is 0. The van der Waals surface area contributed by atoms with Crippen LogP contribution in [0.2, 0.25) is 0 Å². The summed E-state index contributed by atoms with van der Waals surface area (Å²) in [5.74, 6) is 0. The highest BCUT2D eigenvalue weighted by Crippen LogP contribution is 2.26. The summed E-state index contributed by atoms with van der Waals surface area (Å²) in [6.45, 7) is 14.3. The van der Waals surface area contributed by atoms with Crippen LogP contribution in [-0.4, -0.2) is 83.4 Å².